The Labute approximate surface area is 171 Å². The lowest BCUT2D eigenvalue weighted by Gasteiger charge is -2.36. The SMILES string of the molecule is COc1ccc(NC(=S)NC2C[C@H]3CC[C@@H](C2)[NH+]3Cc2ccc(F)cc2)cc1. The van der Waals surface area contributed by atoms with Crippen LogP contribution >= 0.6 is 12.2 Å². The van der Waals surface area contributed by atoms with E-state index in [-0.39, 0.29) is 5.82 Å². The van der Waals surface area contributed by atoms with Crippen LogP contribution in [-0.4, -0.2) is 30.3 Å². The summed E-state index contributed by atoms with van der Waals surface area (Å²) in [7, 11) is 1.66. The first-order valence-electron chi connectivity index (χ1n) is 9.92. The molecule has 0 saturated carbocycles. The first-order chi connectivity index (χ1) is 13.6. The van der Waals surface area contributed by atoms with Crippen molar-refractivity contribution in [2.75, 3.05) is 12.4 Å². The molecule has 2 saturated heterocycles. The zero-order valence-corrected chi connectivity index (χ0v) is 16.9. The van der Waals surface area contributed by atoms with E-state index < -0.39 is 0 Å². The number of fused-ring (bicyclic) bond motifs is 2. The number of halogens is 1. The van der Waals surface area contributed by atoms with Gasteiger partial charge in [-0.15, -0.1) is 0 Å². The minimum atomic E-state index is -0.164. The Morgan fingerprint density at radius 2 is 1.71 bits per heavy atom. The number of nitrogens with one attached hydrogen (secondary N) is 3. The van der Waals surface area contributed by atoms with E-state index in [0.717, 1.165) is 30.8 Å². The van der Waals surface area contributed by atoms with Crippen molar-refractivity contribution in [3.63, 3.8) is 0 Å². The molecule has 2 fully saturated rings. The summed E-state index contributed by atoms with van der Waals surface area (Å²) >= 11 is 5.53. The van der Waals surface area contributed by atoms with E-state index in [1.165, 1.54) is 18.4 Å². The van der Waals surface area contributed by atoms with E-state index in [9.17, 15) is 4.39 Å². The van der Waals surface area contributed by atoms with Crippen molar-refractivity contribution in [1.82, 2.24) is 5.32 Å². The molecule has 2 aromatic carbocycles. The summed E-state index contributed by atoms with van der Waals surface area (Å²) in [4.78, 5) is 1.65. The van der Waals surface area contributed by atoms with Gasteiger partial charge in [0.2, 0.25) is 0 Å². The molecule has 3 N–H and O–H groups in total. The molecule has 4 atom stereocenters. The van der Waals surface area contributed by atoms with Gasteiger partial charge in [-0.25, -0.2) is 4.39 Å². The highest BCUT2D eigenvalue weighted by molar-refractivity contribution is 7.80. The van der Waals surface area contributed by atoms with Gasteiger partial charge in [0, 0.05) is 43.0 Å². The average Bonchev–Trinajstić information content (AvgIpc) is 2.92. The first-order valence-corrected chi connectivity index (χ1v) is 10.3. The standard InChI is InChI=1S/C22H26FN3OS/c1-27-21-10-6-17(7-11-21)24-22(28)25-18-12-19-8-9-20(13-18)26(19)14-15-2-4-16(23)5-3-15/h2-7,10-11,18-20H,8-9,12-14H2,1H3,(H2,24,25,28)/p+1/t18?,19-,20+. The first kappa shape index (κ1) is 19.2. The molecule has 2 bridgehead atoms. The highest BCUT2D eigenvalue weighted by atomic mass is 32.1. The van der Waals surface area contributed by atoms with Crippen molar-refractivity contribution in [3.8, 4) is 5.75 Å². The lowest BCUT2D eigenvalue weighted by atomic mass is 9.96. The molecule has 4 rings (SSSR count). The Kier molecular flexibility index (Phi) is 5.78. The molecule has 148 valence electrons. The topological polar surface area (TPSA) is 37.7 Å². The van der Waals surface area contributed by atoms with Gasteiger partial charge < -0.3 is 20.3 Å². The van der Waals surface area contributed by atoms with Crippen molar-refractivity contribution in [3.05, 3.63) is 59.9 Å². The third-order valence-corrected chi connectivity index (χ3v) is 6.27. The maximum atomic E-state index is 13.2. The zero-order valence-electron chi connectivity index (χ0n) is 16.1. The average molecular weight is 401 g/mol. The van der Waals surface area contributed by atoms with Crippen molar-refractivity contribution < 1.29 is 14.0 Å². The van der Waals surface area contributed by atoms with Crippen molar-refractivity contribution in [2.24, 2.45) is 0 Å². The predicted octanol–water partition coefficient (Wildman–Crippen LogP) is 2.90. The molecular weight excluding hydrogens is 373 g/mol. The molecule has 2 aromatic rings. The minimum Gasteiger partial charge on any atom is -0.497 e. The number of benzene rings is 2. The maximum absolute atomic E-state index is 13.2. The normalized spacial score (nSPS) is 25.9. The molecule has 0 spiro atoms. The van der Waals surface area contributed by atoms with Crippen LogP contribution in [0.4, 0.5) is 10.1 Å². The van der Waals surface area contributed by atoms with Crippen molar-refractivity contribution in [2.45, 2.75) is 50.4 Å². The van der Waals surface area contributed by atoms with Crippen LogP contribution in [0.25, 0.3) is 0 Å². The summed E-state index contributed by atoms with van der Waals surface area (Å²) in [6.45, 7) is 0.983. The van der Waals surface area contributed by atoms with E-state index in [1.54, 1.807) is 24.1 Å². The number of hydrogen-bond donors (Lipinski definition) is 3. The molecule has 2 aliphatic rings. The smallest absolute Gasteiger partial charge is 0.171 e. The van der Waals surface area contributed by atoms with Crippen LogP contribution in [0.5, 0.6) is 5.75 Å². The Balaban J connectivity index is 1.31. The Morgan fingerprint density at radius 1 is 1.07 bits per heavy atom. The zero-order chi connectivity index (χ0) is 19.5. The highest BCUT2D eigenvalue weighted by Gasteiger charge is 2.44. The largest absolute Gasteiger partial charge is 0.497 e. The molecule has 0 radical (unpaired) electrons. The molecule has 0 aliphatic carbocycles. The van der Waals surface area contributed by atoms with E-state index in [2.05, 4.69) is 10.6 Å². The van der Waals surface area contributed by atoms with Crippen LogP contribution in [0.15, 0.2) is 48.5 Å². The molecule has 0 aromatic heterocycles. The number of quaternary nitrogens is 1. The Hall–Kier alpha value is -2.18. The van der Waals surface area contributed by atoms with Gasteiger partial charge in [0.1, 0.15) is 18.1 Å². The van der Waals surface area contributed by atoms with Crippen LogP contribution in [0.1, 0.15) is 31.2 Å². The maximum Gasteiger partial charge on any atom is 0.171 e. The summed E-state index contributed by atoms with van der Waals surface area (Å²) in [6, 6.07) is 16.4. The summed E-state index contributed by atoms with van der Waals surface area (Å²) < 4.78 is 18.3. The van der Waals surface area contributed by atoms with Gasteiger partial charge in [0.15, 0.2) is 5.11 Å². The second kappa shape index (κ2) is 8.45. The van der Waals surface area contributed by atoms with Crippen LogP contribution in [-0.2, 0) is 6.54 Å². The highest BCUT2D eigenvalue weighted by Crippen LogP contribution is 2.24. The number of thiocarbonyl (C=S) groups is 1. The third kappa shape index (κ3) is 4.45. The molecule has 0 amide bonds. The molecule has 2 unspecified atom stereocenters. The van der Waals surface area contributed by atoms with Crippen molar-refractivity contribution >= 4 is 23.0 Å². The Morgan fingerprint density at radius 3 is 2.32 bits per heavy atom. The number of methoxy groups -OCH3 is 1. The molecule has 4 nitrogen and oxygen atoms in total. The quantitative estimate of drug-likeness (QED) is 0.675. The number of rotatable bonds is 5. The molecule has 6 heteroatoms. The molecule has 2 aliphatic heterocycles. The van der Waals surface area contributed by atoms with Gasteiger partial charge >= 0.3 is 0 Å². The van der Waals surface area contributed by atoms with E-state index in [0.29, 0.717) is 23.2 Å². The molecular formula is C22H27FN3OS+. The fraction of sp³-hybridized carbons (Fsp3) is 0.409. The summed E-state index contributed by atoms with van der Waals surface area (Å²) in [6.07, 6.45) is 4.77. The van der Waals surface area contributed by atoms with Gasteiger partial charge in [0.25, 0.3) is 0 Å². The van der Waals surface area contributed by atoms with Gasteiger partial charge in [-0.1, -0.05) is 12.1 Å². The van der Waals surface area contributed by atoms with Gasteiger partial charge in [-0.2, -0.15) is 0 Å². The number of hydrogen-bond acceptors (Lipinski definition) is 2. The third-order valence-electron chi connectivity index (χ3n) is 6.06. The second-order valence-corrected chi connectivity index (χ2v) is 8.25. The van der Waals surface area contributed by atoms with Crippen LogP contribution in [0.3, 0.4) is 0 Å². The van der Waals surface area contributed by atoms with E-state index in [4.69, 9.17) is 17.0 Å². The van der Waals surface area contributed by atoms with Crippen LogP contribution in [0.2, 0.25) is 0 Å². The Bertz CT molecular complexity index is 798. The van der Waals surface area contributed by atoms with Gasteiger partial charge in [-0.05, 0) is 48.6 Å². The second-order valence-electron chi connectivity index (χ2n) is 7.84. The number of piperidine rings is 1. The molecule has 28 heavy (non-hydrogen) atoms. The van der Waals surface area contributed by atoms with Crippen LogP contribution < -0.4 is 20.3 Å². The summed E-state index contributed by atoms with van der Waals surface area (Å²) in [5.74, 6) is 0.667. The number of ether oxygens (including phenoxy) is 1. The predicted molar refractivity (Wildman–Crippen MR) is 113 cm³/mol. The lowest BCUT2D eigenvalue weighted by molar-refractivity contribution is -0.954. The van der Waals surface area contributed by atoms with Gasteiger partial charge in [-0.3, -0.25) is 0 Å². The van der Waals surface area contributed by atoms with Crippen LogP contribution in [0, 0.1) is 5.82 Å². The van der Waals surface area contributed by atoms with E-state index in [1.807, 2.05) is 36.4 Å². The van der Waals surface area contributed by atoms with Crippen molar-refractivity contribution in [1.29, 1.82) is 0 Å². The summed E-state index contributed by atoms with van der Waals surface area (Å²) in [5, 5.41) is 7.46. The number of anilines is 1. The fourth-order valence-electron chi connectivity index (χ4n) is 4.70. The van der Waals surface area contributed by atoms with E-state index >= 15 is 0 Å². The van der Waals surface area contributed by atoms with Gasteiger partial charge in [0.05, 0.1) is 19.2 Å². The summed E-state index contributed by atoms with van der Waals surface area (Å²) in [5.41, 5.74) is 2.18. The molecule has 2 heterocycles. The minimum absolute atomic E-state index is 0.164. The fourth-order valence-corrected chi connectivity index (χ4v) is 4.98. The lowest BCUT2D eigenvalue weighted by Crippen LogP contribution is -3.17. The monoisotopic (exact) mass is 400 g/mol.